The van der Waals surface area contributed by atoms with E-state index in [1.807, 2.05) is 0 Å². The monoisotopic (exact) mass is 251 g/mol. The number of carbonyl (C=O) groups is 2. The van der Waals surface area contributed by atoms with Crippen LogP contribution in [0, 0.1) is 5.82 Å². The number of carbonyl (C=O) groups excluding carboxylic acids is 2. The normalized spacial score (nSPS) is 9.50. The molecule has 0 heterocycles. The number of halogens is 1. The Bertz CT molecular complexity index is 462. The van der Waals surface area contributed by atoms with E-state index < -0.39 is 11.9 Å². The van der Waals surface area contributed by atoms with Crippen LogP contribution in [0.1, 0.15) is 13.8 Å². The van der Waals surface area contributed by atoms with Gasteiger partial charge in [-0.05, 0) is 38.1 Å². The van der Waals surface area contributed by atoms with Gasteiger partial charge in [-0.2, -0.15) is 0 Å². The minimum atomic E-state index is -0.566. The molecule has 1 amide bonds. The predicted octanol–water partition coefficient (Wildman–Crippen LogP) is 2.27. The molecule has 5 heteroatoms. The predicted molar refractivity (Wildman–Crippen MR) is 65.4 cm³/mol. The summed E-state index contributed by atoms with van der Waals surface area (Å²) < 4.78 is 17.3. The van der Waals surface area contributed by atoms with Gasteiger partial charge in [0.05, 0.1) is 0 Å². The molecule has 0 spiro atoms. The Kier molecular flexibility index (Phi) is 5.05. The van der Waals surface area contributed by atoms with Crippen LogP contribution >= 0.6 is 0 Å². The van der Waals surface area contributed by atoms with Crippen molar-refractivity contribution in [2.24, 2.45) is 0 Å². The molecule has 0 saturated heterocycles. The molecule has 0 aliphatic carbocycles. The maximum Gasteiger partial charge on any atom is 0.331 e. The summed E-state index contributed by atoms with van der Waals surface area (Å²) in [6.07, 6.45) is 1.30. The van der Waals surface area contributed by atoms with Crippen LogP contribution in [0.4, 0.5) is 10.1 Å². The number of esters is 1. The van der Waals surface area contributed by atoms with Crippen molar-refractivity contribution in [3.05, 3.63) is 41.7 Å². The standard InChI is InChI=1S/C13H14FNO3/c1-9(2)7-13(17)18-8-12(16)15-11-5-3-10(14)4-6-11/h3-7H,8H2,1-2H3,(H,15,16). The fourth-order valence-corrected chi connectivity index (χ4v) is 1.14. The van der Waals surface area contributed by atoms with Gasteiger partial charge in [0.1, 0.15) is 5.82 Å². The molecule has 18 heavy (non-hydrogen) atoms. The van der Waals surface area contributed by atoms with Gasteiger partial charge in [0.25, 0.3) is 5.91 Å². The molecule has 0 bridgehead atoms. The Morgan fingerprint density at radius 2 is 1.89 bits per heavy atom. The zero-order chi connectivity index (χ0) is 13.5. The fourth-order valence-electron chi connectivity index (χ4n) is 1.14. The third kappa shape index (κ3) is 5.25. The molecule has 0 saturated carbocycles. The topological polar surface area (TPSA) is 55.4 Å². The first-order valence-corrected chi connectivity index (χ1v) is 5.34. The summed E-state index contributed by atoms with van der Waals surface area (Å²) in [4.78, 5) is 22.5. The van der Waals surface area contributed by atoms with E-state index in [1.54, 1.807) is 13.8 Å². The van der Waals surface area contributed by atoms with E-state index in [-0.39, 0.29) is 12.4 Å². The van der Waals surface area contributed by atoms with Crippen LogP contribution in [0.5, 0.6) is 0 Å². The average molecular weight is 251 g/mol. The number of hydrogen-bond acceptors (Lipinski definition) is 3. The average Bonchev–Trinajstić information content (AvgIpc) is 2.29. The van der Waals surface area contributed by atoms with Crippen molar-refractivity contribution in [1.82, 2.24) is 0 Å². The molecule has 4 nitrogen and oxygen atoms in total. The van der Waals surface area contributed by atoms with E-state index in [9.17, 15) is 14.0 Å². The zero-order valence-corrected chi connectivity index (χ0v) is 10.2. The second-order valence-corrected chi connectivity index (χ2v) is 3.88. The first-order chi connectivity index (χ1) is 8.47. The Labute approximate surface area is 104 Å². The van der Waals surface area contributed by atoms with Crippen molar-refractivity contribution in [1.29, 1.82) is 0 Å². The molecule has 0 unspecified atom stereocenters. The van der Waals surface area contributed by atoms with Gasteiger partial charge in [-0.15, -0.1) is 0 Å². The first-order valence-electron chi connectivity index (χ1n) is 5.34. The van der Waals surface area contributed by atoms with Crippen LogP contribution in [0.25, 0.3) is 0 Å². The third-order valence-electron chi connectivity index (χ3n) is 1.88. The lowest BCUT2D eigenvalue weighted by atomic mass is 10.3. The van der Waals surface area contributed by atoms with Gasteiger partial charge in [0, 0.05) is 11.8 Å². The second kappa shape index (κ2) is 6.54. The zero-order valence-electron chi connectivity index (χ0n) is 10.2. The summed E-state index contributed by atoms with van der Waals surface area (Å²) in [7, 11) is 0. The molecule has 0 aliphatic heterocycles. The number of rotatable bonds is 4. The highest BCUT2D eigenvalue weighted by Crippen LogP contribution is 2.07. The number of allylic oxidation sites excluding steroid dienone is 1. The minimum absolute atomic E-state index is 0.375. The van der Waals surface area contributed by atoms with Crippen LogP contribution in [-0.2, 0) is 14.3 Å². The molecule has 0 radical (unpaired) electrons. The summed E-state index contributed by atoms with van der Waals surface area (Å²) in [5.41, 5.74) is 1.23. The number of ether oxygens (including phenoxy) is 1. The molecular formula is C13H14FNO3. The minimum Gasteiger partial charge on any atom is -0.452 e. The van der Waals surface area contributed by atoms with Gasteiger partial charge in [-0.3, -0.25) is 4.79 Å². The Hall–Kier alpha value is -2.17. The molecule has 0 aromatic heterocycles. The number of benzene rings is 1. The van der Waals surface area contributed by atoms with Crippen molar-refractivity contribution < 1.29 is 18.7 Å². The molecule has 0 aliphatic rings. The lowest BCUT2D eigenvalue weighted by Gasteiger charge is -2.05. The quantitative estimate of drug-likeness (QED) is 0.659. The summed E-state index contributed by atoms with van der Waals surface area (Å²) in [5.74, 6) is -1.43. The van der Waals surface area contributed by atoms with Crippen LogP contribution in [0.3, 0.4) is 0 Å². The van der Waals surface area contributed by atoms with Crippen molar-refractivity contribution in [3.8, 4) is 0 Å². The molecule has 0 fully saturated rings. The van der Waals surface area contributed by atoms with Crippen molar-refractivity contribution in [2.75, 3.05) is 11.9 Å². The lowest BCUT2D eigenvalue weighted by Crippen LogP contribution is -2.20. The Morgan fingerprint density at radius 1 is 1.28 bits per heavy atom. The van der Waals surface area contributed by atoms with Crippen LogP contribution in [-0.4, -0.2) is 18.5 Å². The SMILES string of the molecule is CC(C)=CC(=O)OCC(=O)Nc1ccc(F)cc1. The molecule has 1 aromatic carbocycles. The molecule has 96 valence electrons. The summed E-state index contributed by atoms with van der Waals surface area (Å²) in [6, 6.07) is 5.30. The summed E-state index contributed by atoms with van der Waals surface area (Å²) >= 11 is 0. The number of amides is 1. The van der Waals surface area contributed by atoms with E-state index in [4.69, 9.17) is 4.74 Å². The van der Waals surface area contributed by atoms with Gasteiger partial charge in [-0.1, -0.05) is 5.57 Å². The Balaban J connectivity index is 2.40. The number of anilines is 1. The van der Waals surface area contributed by atoms with E-state index in [1.165, 1.54) is 30.3 Å². The molecule has 1 N–H and O–H groups in total. The highest BCUT2D eigenvalue weighted by atomic mass is 19.1. The largest absolute Gasteiger partial charge is 0.452 e. The van der Waals surface area contributed by atoms with E-state index in [0.717, 1.165) is 5.57 Å². The van der Waals surface area contributed by atoms with Crippen molar-refractivity contribution in [2.45, 2.75) is 13.8 Å². The number of nitrogens with one attached hydrogen (secondary N) is 1. The molecule has 0 atom stereocenters. The highest BCUT2D eigenvalue weighted by Gasteiger charge is 2.05. The highest BCUT2D eigenvalue weighted by molar-refractivity contribution is 5.93. The maximum atomic E-state index is 12.6. The fraction of sp³-hybridized carbons (Fsp3) is 0.231. The number of hydrogen-bond donors (Lipinski definition) is 1. The van der Waals surface area contributed by atoms with Crippen molar-refractivity contribution in [3.63, 3.8) is 0 Å². The molecular weight excluding hydrogens is 237 g/mol. The summed E-state index contributed by atoms with van der Waals surface area (Å²) in [5, 5.41) is 2.47. The van der Waals surface area contributed by atoms with Crippen LogP contribution < -0.4 is 5.32 Å². The van der Waals surface area contributed by atoms with Gasteiger partial charge in [-0.25, -0.2) is 9.18 Å². The van der Waals surface area contributed by atoms with Gasteiger partial charge in [0.15, 0.2) is 6.61 Å². The third-order valence-corrected chi connectivity index (χ3v) is 1.88. The van der Waals surface area contributed by atoms with Gasteiger partial charge in [0.2, 0.25) is 0 Å². The molecule has 1 aromatic rings. The summed E-state index contributed by atoms with van der Waals surface area (Å²) in [6.45, 7) is 3.12. The van der Waals surface area contributed by atoms with Gasteiger partial charge < -0.3 is 10.1 Å². The van der Waals surface area contributed by atoms with Gasteiger partial charge >= 0.3 is 5.97 Å². The van der Waals surface area contributed by atoms with Crippen LogP contribution in [0.2, 0.25) is 0 Å². The lowest BCUT2D eigenvalue weighted by molar-refractivity contribution is -0.142. The smallest absolute Gasteiger partial charge is 0.331 e. The molecule has 1 rings (SSSR count). The van der Waals surface area contributed by atoms with Crippen LogP contribution in [0.15, 0.2) is 35.9 Å². The maximum absolute atomic E-state index is 12.6. The Morgan fingerprint density at radius 3 is 2.44 bits per heavy atom. The first kappa shape index (κ1) is 13.9. The van der Waals surface area contributed by atoms with E-state index >= 15 is 0 Å². The van der Waals surface area contributed by atoms with E-state index in [2.05, 4.69) is 5.32 Å². The van der Waals surface area contributed by atoms with E-state index in [0.29, 0.717) is 5.69 Å². The van der Waals surface area contributed by atoms with Crippen molar-refractivity contribution >= 4 is 17.6 Å². The second-order valence-electron chi connectivity index (χ2n) is 3.88.